The first-order valence-electron chi connectivity index (χ1n) is 11.9. The molecule has 0 saturated carbocycles. The van der Waals surface area contributed by atoms with Crippen LogP contribution in [-0.4, -0.2) is 45.2 Å². The molecule has 2 aromatic carbocycles. The molecule has 2 aromatic heterocycles. The van der Waals surface area contributed by atoms with Crippen molar-refractivity contribution in [1.82, 2.24) is 24.9 Å². The highest BCUT2D eigenvalue weighted by Crippen LogP contribution is 2.25. The molecule has 0 amide bonds. The van der Waals surface area contributed by atoms with Crippen molar-refractivity contribution in [2.24, 2.45) is 5.92 Å². The van der Waals surface area contributed by atoms with E-state index in [1.165, 1.54) is 6.42 Å². The third-order valence-corrected chi connectivity index (χ3v) is 5.65. The lowest BCUT2D eigenvalue weighted by molar-refractivity contribution is 0.0735. The van der Waals surface area contributed by atoms with E-state index in [2.05, 4.69) is 34.7 Å². The van der Waals surface area contributed by atoms with E-state index >= 15 is 0 Å². The van der Waals surface area contributed by atoms with E-state index < -0.39 is 5.97 Å². The van der Waals surface area contributed by atoms with Gasteiger partial charge in [-0.25, -0.2) is 9.78 Å². The molecular formula is C26H32N6O2. The first-order valence-corrected chi connectivity index (χ1v) is 11.9. The average Bonchev–Trinajstić information content (AvgIpc) is 3.23. The number of hydrogen-bond acceptors (Lipinski definition) is 7. The maximum Gasteiger partial charge on any atom is 0.343 e. The second kappa shape index (κ2) is 11.1. The van der Waals surface area contributed by atoms with Gasteiger partial charge in [-0.2, -0.15) is 0 Å². The number of ether oxygens (including phenoxy) is 1. The molecule has 0 spiro atoms. The number of aromatic nitrogens is 4. The van der Waals surface area contributed by atoms with Crippen LogP contribution in [0.2, 0.25) is 0 Å². The number of fused-ring (bicyclic) bond motifs is 3. The smallest absolute Gasteiger partial charge is 0.343 e. The molecule has 0 atom stereocenters. The molecule has 0 radical (unpaired) electrons. The molecule has 0 aliphatic heterocycles. The van der Waals surface area contributed by atoms with Crippen molar-refractivity contribution in [2.45, 2.75) is 40.0 Å². The first kappa shape index (κ1) is 23.6. The van der Waals surface area contributed by atoms with Crippen LogP contribution >= 0.6 is 0 Å². The zero-order chi connectivity index (χ0) is 23.9. The molecule has 8 nitrogen and oxygen atoms in total. The van der Waals surface area contributed by atoms with E-state index in [4.69, 9.17) is 9.72 Å². The van der Waals surface area contributed by atoms with Crippen molar-refractivity contribution in [3.63, 3.8) is 0 Å². The number of esters is 1. The van der Waals surface area contributed by atoms with E-state index in [1.54, 1.807) is 24.3 Å². The largest absolute Gasteiger partial charge is 0.423 e. The molecule has 4 rings (SSSR count). The van der Waals surface area contributed by atoms with E-state index in [9.17, 15) is 4.79 Å². The molecule has 0 aliphatic carbocycles. The van der Waals surface area contributed by atoms with Crippen molar-refractivity contribution in [3.05, 3.63) is 59.9 Å². The highest BCUT2D eigenvalue weighted by atomic mass is 16.5. The van der Waals surface area contributed by atoms with Crippen molar-refractivity contribution in [1.29, 1.82) is 0 Å². The lowest BCUT2D eigenvalue weighted by Gasteiger charge is -2.11. The third-order valence-electron chi connectivity index (χ3n) is 5.65. The average molecular weight is 461 g/mol. The van der Waals surface area contributed by atoms with Gasteiger partial charge in [0.2, 0.25) is 5.65 Å². The van der Waals surface area contributed by atoms with Crippen LogP contribution in [-0.2, 0) is 0 Å². The van der Waals surface area contributed by atoms with Gasteiger partial charge < -0.3 is 15.4 Å². The predicted molar refractivity (Wildman–Crippen MR) is 134 cm³/mol. The lowest BCUT2D eigenvalue weighted by Crippen LogP contribution is -2.19. The Morgan fingerprint density at radius 1 is 1.03 bits per heavy atom. The standard InChI is InChI=1S/C26H32N6O2/c1-18(2)13-16-27-14-7-8-15-28-24-25-31-30-19(3)32(25)23-12-11-21(17-22(23)29-24)34-26(33)20-9-5-4-6-10-20/h4-6,9-12,17-18,27H,7-8,13-16H2,1-3H3,(H,28,29). The quantitative estimate of drug-likeness (QED) is 0.191. The number of nitrogens with one attached hydrogen (secondary N) is 2. The lowest BCUT2D eigenvalue weighted by atomic mass is 10.1. The normalized spacial score (nSPS) is 11.4. The van der Waals surface area contributed by atoms with Crippen LogP contribution in [0.25, 0.3) is 16.7 Å². The van der Waals surface area contributed by atoms with Gasteiger partial charge in [0.25, 0.3) is 0 Å². The summed E-state index contributed by atoms with van der Waals surface area (Å²) < 4.78 is 7.56. The number of benzene rings is 2. The highest BCUT2D eigenvalue weighted by molar-refractivity contribution is 5.92. The molecule has 34 heavy (non-hydrogen) atoms. The first-order chi connectivity index (χ1) is 16.5. The Kier molecular flexibility index (Phi) is 7.69. The highest BCUT2D eigenvalue weighted by Gasteiger charge is 2.15. The Morgan fingerprint density at radius 3 is 2.62 bits per heavy atom. The molecule has 2 heterocycles. The van der Waals surface area contributed by atoms with Gasteiger partial charge >= 0.3 is 5.97 Å². The molecule has 0 fully saturated rings. The van der Waals surface area contributed by atoms with Crippen LogP contribution < -0.4 is 15.4 Å². The minimum atomic E-state index is -0.401. The summed E-state index contributed by atoms with van der Waals surface area (Å²) >= 11 is 0. The SMILES string of the molecule is Cc1nnc2c(NCCCCNCCC(C)C)nc3cc(OC(=O)c4ccccc4)ccc3n12. The van der Waals surface area contributed by atoms with E-state index in [1.807, 2.05) is 35.6 Å². The molecule has 0 aliphatic rings. The summed E-state index contributed by atoms with van der Waals surface area (Å²) in [7, 11) is 0. The molecule has 178 valence electrons. The van der Waals surface area contributed by atoms with Gasteiger partial charge in [0, 0.05) is 12.6 Å². The number of carbonyl (C=O) groups is 1. The van der Waals surface area contributed by atoms with Crippen molar-refractivity contribution >= 4 is 28.5 Å². The fourth-order valence-corrected chi connectivity index (χ4v) is 3.78. The van der Waals surface area contributed by atoms with Gasteiger partial charge in [0.1, 0.15) is 11.6 Å². The second-order valence-corrected chi connectivity index (χ2v) is 8.84. The van der Waals surface area contributed by atoms with Gasteiger partial charge in [-0.05, 0) is 69.5 Å². The number of nitrogens with zero attached hydrogens (tertiary/aromatic N) is 4. The summed E-state index contributed by atoms with van der Waals surface area (Å²) in [4.78, 5) is 17.2. The molecule has 8 heteroatoms. The molecule has 0 bridgehead atoms. The van der Waals surface area contributed by atoms with Gasteiger partial charge in [-0.1, -0.05) is 32.0 Å². The summed E-state index contributed by atoms with van der Waals surface area (Å²) in [5.41, 5.74) is 2.75. The minimum absolute atomic E-state index is 0.401. The summed E-state index contributed by atoms with van der Waals surface area (Å²) in [6.07, 6.45) is 3.30. The van der Waals surface area contributed by atoms with Crippen LogP contribution in [0.15, 0.2) is 48.5 Å². The number of aryl methyl sites for hydroxylation is 1. The maximum absolute atomic E-state index is 12.5. The Morgan fingerprint density at radius 2 is 1.82 bits per heavy atom. The summed E-state index contributed by atoms with van der Waals surface area (Å²) in [6.45, 7) is 9.25. The second-order valence-electron chi connectivity index (χ2n) is 8.84. The Hall–Kier alpha value is -3.52. The number of anilines is 1. The van der Waals surface area contributed by atoms with E-state index in [0.717, 1.165) is 49.7 Å². The fourth-order valence-electron chi connectivity index (χ4n) is 3.78. The van der Waals surface area contributed by atoms with Crippen LogP contribution in [0.3, 0.4) is 0 Å². The van der Waals surface area contributed by atoms with Crippen LogP contribution in [0.1, 0.15) is 49.3 Å². The fraction of sp³-hybridized carbons (Fsp3) is 0.385. The van der Waals surface area contributed by atoms with Gasteiger partial charge in [-0.15, -0.1) is 10.2 Å². The van der Waals surface area contributed by atoms with Crippen molar-refractivity contribution in [3.8, 4) is 5.75 Å². The monoisotopic (exact) mass is 460 g/mol. The van der Waals surface area contributed by atoms with Crippen LogP contribution in [0, 0.1) is 12.8 Å². The van der Waals surface area contributed by atoms with Gasteiger partial charge in [-0.3, -0.25) is 4.40 Å². The molecule has 4 aromatic rings. The zero-order valence-electron chi connectivity index (χ0n) is 20.0. The van der Waals surface area contributed by atoms with Crippen molar-refractivity contribution in [2.75, 3.05) is 25.0 Å². The topological polar surface area (TPSA) is 93.4 Å². The molecule has 2 N–H and O–H groups in total. The van der Waals surface area contributed by atoms with Gasteiger partial charge in [0.05, 0.1) is 16.6 Å². The Labute approximate surface area is 199 Å². The maximum atomic E-state index is 12.5. The van der Waals surface area contributed by atoms with E-state index in [0.29, 0.717) is 28.3 Å². The van der Waals surface area contributed by atoms with E-state index in [-0.39, 0.29) is 0 Å². The third kappa shape index (κ3) is 5.69. The van der Waals surface area contributed by atoms with Gasteiger partial charge in [0.15, 0.2) is 5.82 Å². The predicted octanol–water partition coefficient (Wildman–Crippen LogP) is 4.63. The molecular weight excluding hydrogens is 428 g/mol. The summed E-state index contributed by atoms with van der Waals surface area (Å²) in [5.74, 6) is 2.21. The van der Waals surface area contributed by atoms with Crippen molar-refractivity contribution < 1.29 is 9.53 Å². The molecule has 0 unspecified atom stereocenters. The zero-order valence-corrected chi connectivity index (χ0v) is 20.0. The Balaban J connectivity index is 1.46. The van der Waals surface area contributed by atoms with Crippen LogP contribution in [0.4, 0.5) is 5.82 Å². The molecule has 0 saturated heterocycles. The number of rotatable bonds is 11. The van der Waals surface area contributed by atoms with Crippen LogP contribution in [0.5, 0.6) is 5.75 Å². The minimum Gasteiger partial charge on any atom is -0.423 e. The summed E-state index contributed by atoms with van der Waals surface area (Å²) in [5, 5.41) is 15.5. The Bertz CT molecular complexity index is 1250. The number of unbranched alkanes of at least 4 members (excludes halogenated alkanes) is 1. The number of hydrogen-bond donors (Lipinski definition) is 2. The summed E-state index contributed by atoms with van der Waals surface area (Å²) in [6, 6.07) is 14.4. The number of carbonyl (C=O) groups excluding carboxylic acids is 1.